The molecule has 25 heavy (non-hydrogen) atoms. The molecule has 0 fully saturated rings. The van der Waals surface area contributed by atoms with Crippen LogP contribution in [0.3, 0.4) is 0 Å². The number of aryl methyl sites for hydroxylation is 2. The highest BCUT2D eigenvalue weighted by Crippen LogP contribution is 2.16. The van der Waals surface area contributed by atoms with Crippen molar-refractivity contribution in [2.45, 2.75) is 27.0 Å². The summed E-state index contributed by atoms with van der Waals surface area (Å²) in [5.41, 5.74) is 3.40. The molecule has 128 valence electrons. The van der Waals surface area contributed by atoms with Gasteiger partial charge in [0.25, 0.3) is 5.91 Å². The molecular weight excluding hydrogens is 314 g/mol. The summed E-state index contributed by atoms with van der Waals surface area (Å²) >= 11 is 0. The molecular formula is C20H21N3O2. The molecule has 0 aliphatic rings. The Morgan fingerprint density at radius 2 is 1.88 bits per heavy atom. The number of ether oxygens (including phenoxy) is 1. The SMILES string of the molecule is CCc1ccc(NC(=O)c2ccn(COc3ccccc3C)n2)cc1. The monoisotopic (exact) mass is 335 g/mol. The second kappa shape index (κ2) is 7.66. The van der Waals surface area contributed by atoms with Gasteiger partial charge in [0.1, 0.15) is 5.75 Å². The Labute approximate surface area is 147 Å². The van der Waals surface area contributed by atoms with Gasteiger partial charge in [-0.1, -0.05) is 37.3 Å². The number of rotatable bonds is 6. The minimum Gasteiger partial charge on any atom is -0.471 e. The van der Waals surface area contributed by atoms with Crippen LogP contribution in [0.25, 0.3) is 0 Å². The number of hydrogen-bond acceptors (Lipinski definition) is 3. The molecule has 3 aromatic rings. The molecule has 0 bridgehead atoms. The van der Waals surface area contributed by atoms with Crippen molar-refractivity contribution in [1.82, 2.24) is 9.78 Å². The Kier molecular flexibility index (Phi) is 5.14. The van der Waals surface area contributed by atoms with E-state index in [1.165, 1.54) is 5.56 Å². The first-order valence-electron chi connectivity index (χ1n) is 8.28. The van der Waals surface area contributed by atoms with Gasteiger partial charge in [-0.25, -0.2) is 4.68 Å². The minimum atomic E-state index is -0.237. The van der Waals surface area contributed by atoms with Gasteiger partial charge in [-0.3, -0.25) is 4.79 Å². The molecule has 1 N–H and O–H groups in total. The topological polar surface area (TPSA) is 56.2 Å². The fourth-order valence-electron chi connectivity index (χ4n) is 2.43. The van der Waals surface area contributed by atoms with Crippen LogP contribution in [-0.2, 0) is 13.2 Å². The molecule has 2 aromatic carbocycles. The van der Waals surface area contributed by atoms with Gasteiger partial charge in [0, 0.05) is 11.9 Å². The summed E-state index contributed by atoms with van der Waals surface area (Å²) in [6, 6.07) is 17.3. The van der Waals surface area contributed by atoms with E-state index in [9.17, 15) is 4.79 Å². The van der Waals surface area contributed by atoms with E-state index in [4.69, 9.17) is 4.74 Å². The smallest absolute Gasteiger partial charge is 0.276 e. The van der Waals surface area contributed by atoms with Crippen molar-refractivity contribution in [3.63, 3.8) is 0 Å². The van der Waals surface area contributed by atoms with E-state index < -0.39 is 0 Å². The first-order chi connectivity index (χ1) is 12.2. The van der Waals surface area contributed by atoms with Crippen LogP contribution < -0.4 is 10.1 Å². The van der Waals surface area contributed by atoms with Crippen molar-refractivity contribution in [2.75, 3.05) is 5.32 Å². The molecule has 3 rings (SSSR count). The van der Waals surface area contributed by atoms with Gasteiger partial charge < -0.3 is 10.1 Å². The first-order valence-corrected chi connectivity index (χ1v) is 8.28. The maximum absolute atomic E-state index is 12.3. The Morgan fingerprint density at radius 3 is 2.60 bits per heavy atom. The minimum absolute atomic E-state index is 0.237. The number of benzene rings is 2. The number of para-hydroxylation sites is 1. The average molecular weight is 335 g/mol. The molecule has 0 radical (unpaired) electrons. The van der Waals surface area contributed by atoms with Crippen molar-refractivity contribution in [3.8, 4) is 5.75 Å². The molecule has 0 saturated carbocycles. The molecule has 0 saturated heterocycles. The lowest BCUT2D eigenvalue weighted by atomic mass is 10.1. The van der Waals surface area contributed by atoms with E-state index >= 15 is 0 Å². The third kappa shape index (κ3) is 4.26. The molecule has 0 unspecified atom stereocenters. The Hall–Kier alpha value is -3.08. The van der Waals surface area contributed by atoms with E-state index in [0.717, 1.165) is 23.4 Å². The normalized spacial score (nSPS) is 10.5. The summed E-state index contributed by atoms with van der Waals surface area (Å²) in [6.45, 7) is 4.34. The molecule has 0 atom stereocenters. The lowest BCUT2D eigenvalue weighted by Crippen LogP contribution is -2.14. The number of carbonyl (C=O) groups is 1. The Bertz CT molecular complexity index is 853. The van der Waals surface area contributed by atoms with E-state index in [-0.39, 0.29) is 12.6 Å². The number of nitrogens with one attached hydrogen (secondary N) is 1. The summed E-state index contributed by atoms with van der Waals surface area (Å²) < 4.78 is 7.33. The standard InChI is InChI=1S/C20H21N3O2/c1-3-16-8-10-17(11-9-16)21-20(24)18-12-13-23(22-18)14-25-19-7-5-4-6-15(19)2/h4-13H,3,14H2,1-2H3,(H,21,24). The highest BCUT2D eigenvalue weighted by Gasteiger charge is 2.10. The van der Waals surface area contributed by atoms with Crippen LogP contribution in [0.2, 0.25) is 0 Å². The lowest BCUT2D eigenvalue weighted by molar-refractivity contribution is 0.102. The van der Waals surface area contributed by atoms with Gasteiger partial charge in [-0.15, -0.1) is 0 Å². The quantitative estimate of drug-likeness (QED) is 0.739. The molecule has 0 aliphatic heterocycles. The number of anilines is 1. The molecule has 1 heterocycles. The molecule has 1 amide bonds. The van der Waals surface area contributed by atoms with Crippen LogP contribution in [0.15, 0.2) is 60.8 Å². The van der Waals surface area contributed by atoms with Crippen LogP contribution in [-0.4, -0.2) is 15.7 Å². The lowest BCUT2D eigenvalue weighted by Gasteiger charge is -2.08. The number of amides is 1. The average Bonchev–Trinajstić information content (AvgIpc) is 3.11. The summed E-state index contributed by atoms with van der Waals surface area (Å²) in [5, 5.41) is 7.11. The number of nitrogens with zero attached hydrogens (tertiary/aromatic N) is 2. The van der Waals surface area contributed by atoms with Crippen LogP contribution in [0.1, 0.15) is 28.5 Å². The fourth-order valence-corrected chi connectivity index (χ4v) is 2.43. The molecule has 5 heteroatoms. The van der Waals surface area contributed by atoms with E-state index in [2.05, 4.69) is 17.3 Å². The first kappa shape index (κ1) is 16.8. The van der Waals surface area contributed by atoms with Crippen molar-refractivity contribution in [3.05, 3.63) is 77.6 Å². The molecule has 5 nitrogen and oxygen atoms in total. The van der Waals surface area contributed by atoms with Crippen LogP contribution >= 0.6 is 0 Å². The fraction of sp³-hybridized carbons (Fsp3) is 0.200. The third-order valence-corrected chi connectivity index (χ3v) is 3.94. The van der Waals surface area contributed by atoms with Crippen molar-refractivity contribution < 1.29 is 9.53 Å². The number of carbonyl (C=O) groups excluding carboxylic acids is 1. The molecule has 0 spiro atoms. The van der Waals surface area contributed by atoms with E-state index in [1.54, 1.807) is 16.9 Å². The summed E-state index contributed by atoms with van der Waals surface area (Å²) in [7, 11) is 0. The van der Waals surface area contributed by atoms with Crippen molar-refractivity contribution in [1.29, 1.82) is 0 Å². The van der Waals surface area contributed by atoms with Gasteiger partial charge in [-0.05, 0) is 48.7 Å². The highest BCUT2D eigenvalue weighted by atomic mass is 16.5. The zero-order chi connectivity index (χ0) is 17.6. The highest BCUT2D eigenvalue weighted by molar-refractivity contribution is 6.02. The van der Waals surface area contributed by atoms with Crippen molar-refractivity contribution >= 4 is 11.6 Å². The largest absolute Gasteiger partial charge is 0.471 e. The van der Waals surface area contributed by atoms with Gasteiger partial charge in [0.2, 0.25) is 0 Å². The van der Waals surface area contributed by atoms with Gasteiger partial charge >= 0.3 is 0 Å². The number of aromatic nitrogens is 2. The summed E-state index contributed by atoms with van der Waals surface area (Å²) in [6.07, 6.45) is 2.70. The zero-order valence-electron chi connectivity index (χ0n) is 14.4. The van der Waals surface area contributed by atoms with Gasteiger partial charge in [0.05, 0.1) is 0 Å². The van der Waals surface area contributed by atoms with Gasteiger partial charge in [-0.2, -0.15) is 5.10 Å². The van der Waals surface area contributed by atoms with Crippen LogP contribution in [0.4, 0.5) is 5.69 Å². The second-order valence-electron chi connectivity index (χ2n) is 5.78. The van der Waals surface area contributed by atoms with E-state index in [1.807, 2.05) is 55.5 Å². The molecule has 1 aromatic heterocycles. The maximum Gasteiger partial charge on any atom is 0.276 e. The molecule has 0 aliphatic carbocycles. The van der Waals surface area contributed by atoms with Crippen LogP contribution in [0, 0.1) is 6.92 Å². The van der Waals surface area contributed by atoms with Crippen LogP contribution in [0.5, 0.6) is 5.75 Å². The maximum atomic E-state index is 12.3. The summed E-state index contributed by atoms with van der Waals surface area (Å²) in [4.78, 5) is 12.3. The second-order valence-corrected chi connectivity index (χ2v) is 5.78. The van der Waals surface area contributed by atoms with Gasteiger partial charge in [0.15, 0.2) is 12.4 Å². The third-order valence-electron chi connectivity index (χ3n) is 3.94. The Balaban J connectivity index is 1.60. The predicted octanol–water partition coefficient (Wildman–Crippen LogP) is 4.04. The van der Waals surface area contributed by atoms with E-state index in [0.29, 0.717) is 5.69 Å². The Morgan fingerprint density at radius 1 is 1.12 bits per heavy atom. The predicted molar refractivity (Wildman–Crippen MR) is 97.8 cm³/mol. The van der Waals surface area contributed by atoms with Crippen molar-refractivity contribution in [2.24, 2.45) is 0 Å². The zero-order valence-corrected chi connectivity index (χ0v) is 14.4. The summed E-state index contributed by atoms with van der Waals surface area (Å²) in [5.74, 6) is 0.568. The number of hydrogen-bond donors (Lipinski definition) is 1.